The van der Waals surface area contributed by atoms with Gasteiger partial charge < -0.3 is 9.84 Å². The lowest BCUT2D eigenvalue weighted by Gasteiger charge is -2.24. The van der Waals surface area contributed by atoms with Crippen LogP contribution < -0.4 is 0 Å². The van der Waals surface area contributed by atoms with E-state index in [2.05, 4.69) is 36.7 Å². The number of benzene rings is 4. The molecule has 0 spiro atoms. The Labute approximate surface area is 363 Å². The van der Waals surface area contributed by atoms with Gasteiger partial charge in [0.1, 0.15) is 0 Å². The second-order valence-corrected chi connectivity index (χ2v) is 17.6. The summed E-state index contributed by atoms with van der Waals surface area (Å²) >= 11 is 40.6. The number of esters is 1. The lowest BCUT2D eigenvalue weighted by Crippen LogP contribution is -2.23. The number of aliphatic imine (C=N–C) groups is 2. The van der Waals surface area contributed by atoms with Crippen LogP contribution in [0.4, 0.5) is 0 Å². The van der Waals surface area contributed by atoms with Crippen LogP contribution in [-0.4, -0.2) is 48.8 Å². The molecule has 0 fully saturated rings. The Morgan fingerprint density at radius 2 is 1.15 bits per heavy atom. The molecule has 0 amide bonds. The maximum Gasteiger partial charge on any atom is 0.339 e. The van der Waals surface area contributed by atoms with Crippen LogP contribution in [0.5, 0.6) is 0 Å². The normalized spacial score (nSPS) is 18.8. The van der Waals surface area contributed by atoms with Crippen molar-refractivity contribution in [2.45, 2.75) is 77.0 Å². The molecule has 0 saturated heterocycles. The van der Waals surface area contributed by atoms with Crippen molar-refractivity contribution in [3.8, 4) is 0 Å². The second-order valence-electron chi connectivity index (χ2n) is 14.2. The van der Waals surface area contributed by atoms with E-state index in [1.165, 1.54) is 0 Å². The van der Waals surface area contributed by atoms with Crippen molar-refractivity contribution in [1.82, 2.24) is 0 Å². The minimum atomic E-state index is -0.392. The monoisotopic (exact) mass is 926 g/mol. The van der Waals surface area contributed by atoms with Gasteiger partial charge in [-0.1, -0.05) is 122 Å². The number of rotatable bonds is 10. The standard InChI is InChI=1S/C22H22Cl3NO2.C17H13BrCl3N.C4H10O/c1-3-4-7-28-21(27)18-6-5-14(8-19(18)25)20-12-22(2,13-26-20)15-9-16(23)11-17(24)10-15;1-17(11-5-12(19)7-13(20)6-11)8-16(22-9-17)10-2-3-14(18)15(21)4-10;1-2-3-4-5/h5-6,8-11H,3-4,7,12-13H2,1-2H3;2-7H,8-9H2,1H3;5H,2-4H2,1H3. The fraction of sp³-hybridized carbons (Fsp3) is 0.372. The second kappa shape index (κ2) is 21.0. The van der Waals surface area contributed by atoms with Crippen LogP contribution in [0, 0.1) is 0 Å². The van der Waals surface area contributed by atoms with Crippen molar-refractivity contribution in [3.05, 3.63) is 135 Å². The molecule has 12 heteroatoms. The van der Waals surface area contributed by atoms with Gasteiger partial charge in [0, 0.05) is 79.4 Å². The highest BCUT2D eigenvalue weighted by molar-refractivity contribution is 9.10. The Bertz CT molecular complexity index is 2000. The van der Waals surface area contributed by atoms with Crippen LogP contribution >= 0.6 is 85.5 Å². The minimum absolute atomic E-state index is 0.0938. The number of ether oxygens (including phenoxy) is 1. The molecule has 5 nitrogen and oxygen atoms in total. The van der Waals surface area contributed by atoms with E-state index < -0.39 is 5.97 Å². The number of nitrogens with zero attached hydrogens (tertiary/aromatic N) is 2. The molecule has 4 aromatic carbocycles. The van der Waals surface area contributed by atoms with Crippen molar-refractivity contribution in [3.63, 3.8) is 0 Å². The lowest BCUT2D eigenvalue weighted by molar-refractivity contribution is 0.0500. The smallest absolute Gasteiger partial charge is 0.339 e. The molecule has 55 heavy (non-hydrogen) atoms. The molecular formula is C43H45BrCl6N2O3. The topological polar surface area (TPSA) is 71.2 Å². The highest BCUT2D eigenvalue weighted by Crippen LogP contribution is 2.39. The molecule has 2 aliphatic heterocycles. The first-order valence-electron chi connectivity index (χ1n) is 18.1. The SMILES string of the molecule is CC1(c2cc(Cl)cc(Cl)c2)CN=C(c2ccc(Br)c(Cl)c2)C1.CCCCO.CCCCOC(=O)c1ccc(C2=NCC(C)(c3cc(Cl)cc(Cl)c3)C2)cc1Cl. The molecule has 2 aliphatic rings. The summed E-state index contributed by atoms with van der Waals surface area (Å²) in [7, 11) is 0. The third-order valence-corrected chi connectivity index (χ3v) is 11.9. The van der Waals surface area contributed by atoms with E-state index in [-0.39, 0.29) is 10.8 Å². The van der Waals surface area contributed by atoms with Crippen molar-refractivity contribution in [2.24, 2.45) is 9.98 Å². The predicted octanol–water partition coefficient (Wildman–Crippen LogP) is 14.1. The fourth-order valence-corrected chi connectivity index (χ4v) is 7.90. The molecule has 2 unspecified atom stereocenters. The van der Waals surface area contributed by atoms with Crippen molar-refractivity contribution < 1.29 is 14.6 Å². The molecule has 0 radical (unpaired) electrons. The van der Waals surface area contributed by atoms with Crippen LogP contribution in [0.1, 0.15) is 98.8 Å². The van der Waals surface area contributed by atoms with Crippen LogP contribution in [-0.2, 0) is 15.6 Å². The third kappa shape index (κ3) is 12.7. The zero-order valence-electron chi connectivity index (χ0n) is 31.3. The van der Waals surface area contributed by atoms with E-state index in [0.717, 1.165) is 76.7 Å². The number of hydrogen-bond donors (Lipinski definition) is 1. The summed E-state index contributed by atoms with van der Waals surface area (Å²) in [4.78, 5) is 21.6. The molecule has 0 saturated carbocycles. The Morgan fingerprint density at radius 3 is 1.55 bits per heavy atom. The van der Waals surface area contributed by atoms with Crippen LogP contribution in [0.15, 0.2) is 87.3 Å². The quantitative estimate of drug-likeness (QED) is 0.127. The molecule has 1 N–H and O–H groups in total. The number of unbranched alkanes of at least 4 members (excludes halogenated alkanes) is 2. The van der Waals surface area contributed by atoms with Gasteiger partial charge in [-0.25, -0.2) is 4.79 Å². The molecule has 0 bridgehead atoms. The first-order valence-corrected chi connectivity index (χ1v) is 21.2. The van der Waals surface area contributed by atoms with Gasteiger partial charge in [-0.15, -0.1) is 0 Å². The first-order chi connectivity index (χ1) is 26.1. The van der Waals surface area contributed by atoms with Gasteiger partial charge in [-0.05, 0) is 112 Å². The van der Waals surface area contributed by atoms with Crippen molar-refractivity contribution in [2.75, 3.05) is 26.3 Å². The summed E-state index contributed by atoms with van der Waals surface area (Å²) in [5.41, 5.74) is 6.26. The molecule has 2 atom stereocenters. The first kappa shape index (κ1) is 45.6. The van der Waals surface area contributed by atoms with Crippen LogP contribution in [0.25, 0.3) is 0 Å². The molecule has 6 rings (SSSR count). The fourth-order valence-electron chi connectivity index (χ4n) is 6.16. The van der Waals surface area contributed by atoms with Crippen LogP contribution in [0.2, 0.25) is 30.1 Å². The summed E-state index contributed by atoms with van der Waals surface area (Å²) in [6.07, 6.45) is 5.42. The highest BCUT2D eigenvalue weighted by Gasteiger charge is 2.35. The molecular weight excluding hydrogens is 885 g/mol. The summed E-state index contributed by atoms with van der Waals surface area (Å²) in [5, 5.41) is 11.7. The number of aliphatic hydroxyl groups excluding tert-OH is 1. The summed E-state index contributed by atoms with van der Waals surface area (Å²) in [6, 6.07) is 22.6. The summed E-state index contributed by atoms with van der Waals surface area (Å²) in [5.74, 6) is -0.392. The van der Waals surface area contributed by atoms with E-state index in [0.29, 0.717) is 62.0 Å². The highest BCUT2D eigenvalue weighted by atomic mass is 79.9. The Balaban J connectivity index is 0.000000223. The van der Waals surface area contributed by atoms with Crippen molar-refractivity contribution in [1.29, 1.82) is 0 Å². The Morgan fingerprint density at radius 1 is 0.691 bits per heavy atom. The van der Waals surface area contributed by atoms with E-state index in [9.17, 15) is 4.79 Å². The number of halogens is 7. The average molecular weight is 930 g/mol. The van der Waals surface area contributed by atoms with Crippen LogP contribution in [0.3, 0.4) is 0 Å². The lowest BCUT2D eigenvalue weighted by atomic mass is 9.79. The maximum atomic E-state index is 12.2. The minimum Gasteiger partial charge on any atom is -0.462 e. The van der Waals surface area contributed by atoms with Crippen molar-refractivity contribution >= 4 is 103 Å². The zero-order chi connectivity index (χ0) is 40.3. The Kier molecular flexibility index (Phi) is 17.4. The van der Waals surface area contributed by atoms with E-state index >= 15 is 0 Å². The van der Waals surface area contributed by atoms with E-state index in [1.54, 1.807) is 24.3 Å². The zero-order valence-corrected chi connectivity index (χ0v) is 37.4. The molecule has 0 aromatic heterocycles. The number of carbonyl (C=O) groups excluding carboxylic acids is 1. The number of carbonyl (C=O) groups is 1. The average Bonchev–Trinajstić information content (AvgIpc) is 3.74. The van der Waals surface area contributed by atoms with Gasteiger partial charge in [0.05, 0.1) is 22.2 Å². The maximum absolute atomic E-state index is 12.2. The van der Waals surface area contributed by atoms with Gasteiger partial charge in [0.15, 0.2) is 0 Å². The van der Waals surface area contributed by atoms with Gasteiger partial charge in [0.2, 0.25) is 0 Å². The number of hydrogen-bond acceptors (Lipinski definition) is 5. The predicted molar refractivity (Wildman–Crippen MR) is 237 cm³/mol. The molecule has 294 valence electrons. The van der Waals surface area contributed by atoms with Gasteiger partial charge in [-0.2, -0.15) is 0 Å². The third-order valence-electron chi connectivity index (χ3n) is 9.49. The molecule has 4 aromatic rings. The Hall–Kier alpha value is -2.13. The van der Waals surface area contributed by atoms with Gasteiger partial charge in [0.25, 0.3) is 0 Å². The molecule has 2 heterocycles. The largest absolute Gasteiger partial charge is 0.462 e. The summed E-state index contributed by atoms with van der Waals surface area (Å²) in [6.45, 7) is 10.5. The summed E-state index contributed by atoms with van der Waals surface area (Å²) < 4.78 is 6.14. The number of aliphatic hydroxyl groups is 1. The van der Waals surface area contributed by atoms with Gasteiger partial charge in [-0.3, -0.25) is 9.98 Å². The van der Waals surface area contributed by atoms with E-state index in [1.807, 2.05) is 55.5 Å². The van der Waals surface area contributed by atoms with Gasteiger partial charge >= 0.3 is 5.97 Å². The molecule has 0 aliphatic carbocycles. The van der Waals surface area contributed by atoms with E-state index in [4.69, 9.17) is 89.4 Å².